The van der Waals surface area contributed by atoms with Crippen LogP contribution in [0.15, 0.2) is 28.7 Å². The molecule has 0 bridgehead atoms. The van der Waals surface area contributed by atoms with E-state index in [0.717, 1.165) is 37.1 Å². The molecule has 0 aliphatic heterocycles. The number of nitrogens with one attached hydrogen (secondary N) is 1. The van der Waals surface area contributed by atoms with Crippen LogP contribution >= 0.6 is 15.9 Å². The van der Waals surface area contributed by atoms with Crippen molar-refractivity contribution in [2.45, 2.75) is 39.2 Å². The van der Waals surface area contributed by atoms with E-state index in [9.17, 15) is 0 Å². The van der Waals surface area contributed by atoms with Gasteiger partial charge in [0.2, 0.25) is 0 Å². The molecule has 1 atom stereocenters. The lowest BCUT2D eigenvalue weighted by atomic mass is 10.0. The third-order valence-electron chi connectivity index (χ3n) is 2.91. The van der Waals surface area contributed by atoms with Crippen molar-refractivity contribution < 1.29 is 4.74 Å². The number of rotatable bonds is 9. The highest BCUT2D eigenvalue weighted by Gasteiger charge is 2.08. The summed E-state index contributed by atoms with van der Waals surface area (Å²) in [5.41, 5.74) is 1.38. The predicted molar refractivity (Wildman–Crippen MR) is 81.0 cm³/mol. The first-order valence-electron chi connectivity index (χ1n) is 6.81. The minimum Gasteiger partial charge on any atom is -0.382 e. The molecular formula is C15H24BrNO. The molecule has 0 spiro atoms. The molecule has 0 amide bonds. The van der Waals surface area contributed by atoms with E-state index in [4.69, 9.17) is 4.74 Å². The summed E-state index contributed by atoms with van der Waals surface area (Å²) >= 11 is 3.52. The van der Waals surface area contributed by atoms with Crippen LogP contribution in [0.5, 0.6) is 0 Å². The Bertz CT molecular complexity index is 330. The van der Waals surface area contributed by atoms with Crippen molar-refractivity contribution in [3.05, 3.63) is 34.3 Å². The molecule has 0 saturated carbocycles. The van der Waals surface area contributed by atoms with Crippen molar-refractivity contribution in [3.63, 3.8) is 0 Å². The van der Waals surface area contributed by atoms with E-state index in [1.807, 2.05) is 6.92 Å². The van der Waals surface area contributed by atoms with Crippen LogP contribution in [-0.4, -0.2) is 25.8 Å². The van der Waals surface area contributed by atoms with Gasteiger partial charge in [0.25, 0.3) is 0 Å². The molecule has 1 unspecified atom stereocenters. The molecule has 18 heavy (non-hydrogen) atoms. The SMILES string of the molecule is CCNC(CCCOCC)Cc1cccc(Br)c1. The number of hydrogen-bond donors (Lipinski definition) is 1. The second-order valence-corrected chi connectivity index (χ2v) is 5.34. The summed E-state index contributed by atoms with van der Waals surface area (Å²) in [6, 6.07) is 9.11. The molecule has 0 aromatic heterocycles. The minimum atomic E-state index is 0.546. The summed E-state index contributed by atoms with van der Waals surface area (Å²) < 4.78 is 6.55. The van der Waals surface area contributed by atoms with E-state index in [2.05, 4.69) is 52.4 Å². The Morgan fingerprint density at radius 3 is 2.83 bits per heavy atom. The molecule has 2 nitrogen and oxygen atoms in total. The van der Waals surface area contributed by atoms with Crippen LogP contribution in [0.1, 0.15) is 32.3 Å². The van der Waals surface area contributed by atoms with Gasteiger partial charge in [0, 0.05) is 23.7 Å². The second-order valence-electron chi connectivity index (χ2n) is 4.43. The smallest absolute Gasteiger partial charge is 0.0466 e. The maximum absolute atomic E-state index is 5.40. The molecular weight excluding hydrogens is 290 g/mol. The fourth-order valence-electron chi connectivity index (χ4n) is 2.09. The highest BCUT2D eigenvalue weighted by Crippen LogP contribution is 2.14. The number of ether oxygens (including phenoxy) is 1. The Morgan fingerprint density at radius 1 is 1.33 bits per heavy atom. The fraction of sp³-hybridized carbons (Fsp3) is 0.600. The molecule has 0 fully saturated rings. The summed E-state index contributed by atoms with van der Waals surface area (Å²) in [4.78, 5) is 0. The van der Waals surface area contributed by atoms with E-state index >= 15 is 0 Å². The van der Waals surface area contributed by atoms with Crippen molar-refractivity contribution in [3.8, 4) is 0 Å². The molecule has 0 radical (unpaired) electrons. The van der Waals surface area contributed by atoms with Crippen molar-refractivity contribution in [2.24, 2.45) is 0 Å². The van der Waals surface area contributed by atoms with Gasteiger partial charge in [-0.15, -0.1) is 0 Å². The topological polar surface area (TPSA) is 21.3 Å². The zero-order chi connectivity index (χ0) is 13.2. The van der Waals surface area contributed by atoms with Gasteiger partial charge in [0.1, 0.15) is 0 Å². The number of benzene rings is 1. The lowest BCUT2D eigenvalue weighted by molar-refractivity contribution is 0.141. The standard InChI is InChI=1S/C15H24BrNO/c1-3-17-15(9-6-10-18-4-2)12-13-7-5-8-14(16)11-13/h5,7-8,11,15,17H,3-4,6,9-10,12H2,1-2H3. The molecule has 1 rings (SSSR count). The van der Waals surface area contributed by atoms with E-state index < -0.39 is 0 Å². The molecule has 102 valence electrons. The first-order valence-corrected chi connectivity index (χ1v) is 7.61. The van der Waals surface area contributed by atoms with Crippen LogP contribution in [0.25, 0.3) is 0 Å². The summed E-state index contributed by atoms with van der Waals surface area (Å²) in [6.45, 7) is 6.92. The van der Waals surface area contributed by atoms with Crippen molar-refractivity contribution in [2.75, 3.05) is 19.8 Å². The van der Waals surface area contributed by atoms with E-state index in [0.29, 0.717) is 6.04 Å². The van der Waals surface area contributed by atoms with Crippen molar-refractivity contribution in [1.82, 2.24) is 5.32 Å². The van der Waals surface area contributed by atoms with Gasteiger partial charge in [0.15, 0.2) is 0 Å². The largest absolute Gasteiger partial charge is 0.382 e. The van der Waals surface area contributed by atoms with Gasteiger partial charge in [0.05, 0.1) is 0 Å². The third kappa shape index (κ3) is 6.53. The minimum absolute atomic E-state index is 0.546. The predicted octanol–water partition coefficient (Wildman–Crippen LogP) is 3.79. The summed E-state index contributed by atoms with van der Waals surface area (Å²) in [6.07, 6.45) is 3.37. The molecule has 3 heteroatoms. The van der Waals surface area contributed by atoms with Crippen molar-refractivity contribution in [1.29, 1.82) is 0 Å². The van der Waals surface area contributed by atoms with Gasteiger partial charge >= 0.3 is 0 Å². The second kappa shape index (κ2) is 9.54. The van der Waals surface area contributed by atoms with Crippen LogP contribution in [0, 0.1) is 0 Å². The Hall–Kier alpha value is -0.380. The van der Waals surface area contributed by atoms with E-state index in [1.54, 1.807) is 0 Å². The Balaban J connectivity index is 2.41. The lowest BCUT2D eigenvalue weighted by Crippen LogP contribution is -2.31. The maximum Gasteiger partial charge on any atom is 0.0466 e. The van der Waals surface area contributed by atoms with Crippen LogP contribution in [0.2, 0.25) is 0 Å². The van der Waals surface area contributed by atoms with E-state index in [1.165, 1.54) is 12.0 Å². The van der Waals surface area contributed by atoms with Crippen LogP contribution in [0.4, 0.5) is 0 Å². The Morgan fingerprint density at radius 2 is 2.17 bits per heavy atom. The molecule has 0 saturated heterocycles. The average Bonchev–Trinajstić information content (AvgIpc) is 2.35. The summed E-state index contributed by atoms with van der Waals surface area (Å²) in [5.74, 6) is 0. The Labute approximate surface area is 119 Å². The van der Waals surface area contributed by atoms with Crippen LogP contribution < -0.4 is 5.32 Å². The normalized spacial score (nSPS) is 12.6. The van der Waals surface area contributed by atoms with Gasteiger partial charge < -0.3 is 10.1 Å². The van der Waals surface area contributed by atoms with Gasteiger partial charge in [-0.1, -0.05) is 35.0 Å². The Kier molecular flexibility index (Phi) is 8.31. The highest BCUT2D eigenvalue weighted by atomic mass is 79.9. The summed E-state index contributed by atoms with van der Waals surface area (Å²) in [7, 11) is 0. The lowest BCUT2D eigenvalue weighted by Gasteiger charge is -2.18. The van der Waals surface area contributed by atoms with Crippen LogP contribution in [-0.2, 0) is 11.2 Å². The zero-order valence-electron chi connectivity index (χ0n) is 11.4. The van der Waals surface area contributed by atoms with Gasteiger partial charge in [-0.05, 0) is 50.4 Å². The third-order valence-corrected chi connectivity index (χ3v) is 3.40. The fourth-order valence-corrected chi connectivity index (χ4v) is 2.54. The van der Waals surface area contributed by atoms with E-state index in [-0.39, 0.29) is 0 Å². The molecule has 0 aliphatic carbocycles. The summed E-state index contributed by atoms with van der Waals surface area (Å²) in [5, 5.41) is 3.56. The molecule has 1 aromatic rings. The first kappa shape index (κ1) is 15.7. The zero-order valence-corrected chi connectivity index (χ0v) is 13.0. The first-order chi connectivity index (χ1) is 8.76. The molecule has 0 aliphatic rings. The quantitative estimate of drug-likeness (QED) is 0.700. The molecule has 1 aromatic carbocycles. The maximum atomic E-state index is 5.40. The average molecular weight is 314 g/mol. The van der Waals surface area contributed by atoms with Crippen LogP contribution in [0.3, 0.4) is 0 Å². The molecule has 0 heterocycles. The van der Waals surface area contributed by atoms with Gasteiger partial charge in [-0.2, -0.15) is 0 Å². The van der Waals surface area contributed by atoms with Gasteiger partial charge in [-0.3, -0.25) is 0 Å². The number of hydrogen-bond acceptors (Lipinski definition) is 2. The monoisotopic (exact) mass is 313 g/mol. The molecule has 1 N–H and O–H groups in total. The van der Waals surface area contributed by atoms with Crippen molar-refractivity contribution >= 4 is 15.9 Å². The number of likely N-dealkylation sites (N-methyl/N-ethyl adjacent to an activating group) is 1. The highest BCUT2D eigenvalue weighted by molar-refractivity contribution is 9.10. The van der Waals surface area contributed by atoms with Gasteiger partial charge in [-0.25, -0.2) is 0 Å². The number of halogens is 1.